The Bertz CT molecular complexity index is 1550. The average Bonchev–Trinajstić information content (AvgIpc) is 3.57. The fourth-order valence-electron chi connectivity index (χ4n) is 3.76. The highest BCUT2D eigenvalue weighted by atomic mass is 32.1. The van der Waals surface area contributed by atoms with Gasteiger partial charge in [-0.3, -0.25) is 4.79 Å². The summed E-state index contributed by atoms with van der Waals surface area (Å²) in [6.07, 6.45) is 3.50. The van der Waals surface area contributed by atoms with Gasteiger partial charge < -0.3 is 29.8 Å². The van der Waals surface area contributed by atoms with Crippen molar-refractivity contribution >= 4 is 39.1 Å². The number of benzene rings is 2. The van der Waals surface area contributed by atoms with E-state index in [1.165, 1.54) is 11.3 Å². The van der Waals surface area contributed by atoms with E-state index in [-0.39, 0.29) is 0 Å². The summed E-state index contributed by atoms with van der Waals surface area (Å²) in [7, 11) is 4.70. The van der Waals surface area contributed by atoms with E-state index in [9.17, 15) is 4.79 Å². The summed E-state index contributed by atoms with van der Waals surface area (Å²) in [6.45, 7) is 0. The molecule has 0 radical (unpaired) electrons. The molecule has 0 aliphatic heterocycles. The van der Waals surface area contributed by atoms with Crippen molar-refractivity contribution in [2.75, 3.05) is 26.6 Å². The highest BCUT2D eigenvalue weighted by Gasteiger charge is 2.16. The van der Waals surface area contributed by atoms with Gasteiger partial charge in [0.25, 0.3) is 0 Å². The smallest absolute Gasteiger partial charge is 0.248 e. The number of nitrogens with one attached hydrogen (secondary N) is 1. The van der Waals surface area contributed by atoms with Crippen LogP contribution >= 0.6 is 11.3 Å². The second-order valence-corrected chi connectivity index (χ2v) is 8.55. The molecule has 11 heteroatoms. The van der Waals surface area contributed by atoms with Crippen LogP contribution in [0.2, 0.25) is 0 Å². The van der Waals surface area contributed by atoms with Crippen LogP contribution in [0.15, 0.2) is 60.4 Å². The summed E-state index contributed by atoms with van der Waals surface area (Å²) in [5, 5.41) is 6.10. The molecule has 3 aromatic heterocycles. The summed E-state index contributed by atoms with van der Waals surface area (Å²) in [5.41, 5.74) is 7.30. The van der Waals surface area contributed by atoms with Crippen LogP contribution in [0.25, 0.3) is 27.3 Å². The molecular weight excluding hydrogens is 480 g/mol. The fraction of sp³-hybridized carbons (Fsp3) is 0.120. The lowest BCUT2D eigenvalue weighted by molar-refractivity contribution is 0.100. The first kappa shape index (κ1) is 23.1. The van der Waals surface area contributed by atoms with E-state index in [0.717, 1.165) is 15.9 Å². The predicted octanol–water partition coefficient (Wildman–Crippen LogP) is 4.41. The van der Waals surface area contributed by atoms with E-state index in [4.69, 9.17) is 24.9 Å². The Kier molecular flexibility index (Phi) is 6.13. The van der Waals surface area contributed by atoms with Crippen molar-refractivity contribution in [3.63, 3.8) is 0 Å². The number of primary amides is 1. The summed E-state index contributed by atoms with van der Waals surface area (Å²) < 4.78 is 18.2. The SMILES string of the molecule is COc1cc(-n2cnc(Nc3nc(-c4cccc(C(N)=O)c4)nc4sccc34)c2)cc(OC)c1OC. The molecule has 0 bridgehead atoms. The molecule has 0 saturated carbocycles. The summed E-state index contributed by atoms with van der Waals surface area (Å²) in [4.78, 5) is 26.3. The zero-order valence-corrected chi connectivity index (χ0v) is 20.5. The highest BCUT2D eigenvalue weighted by Crippen LogP contribution is 2.39. The van der Waals surface area contributed by atoms with Gasteiger partial charge in [0.05, 0.1) is 38.6 Å². The van der Waals surface area contributed by atoms with E-state index < -0.39 is 5.91 Å². The number of thiophene rings is 1. The number of hydrogen-bond donors (Lipinski definition) is 2. The Morgan fingerprint density at radius 2 is 1.81 bits per heavy atom. The maximum atomic E-state index is 11.6. The molecule has 2 aromatic carbocycles. The van der Waals surface area contributed by atoms with Gasteiger partial charge >= 0.3 is 0 Å². The second-order valence-electron chi connectivity index (χ2n) is 7.66. The zero-order chi connectivity index (χ0) is 25.2. The van der Waals surface area contributed by atoms with Crippen LogP contribution in [0, 0.1) is 0 Å². The molecule has 1 amide bonds. The minimum atomic E-state index is -0.510. The second kappa shape index (κ2) is 9.55. The van der Waals surface area contributed by atoms with Gasteiger partial charge in [0.2, 0.25) is 11.7 Å². The van der Waals surface area contributed by atoms with Gasteiger partial charge in [-0.15, -0.1) is 11.3 Å². The van der Waals surface area contributed by atoms with Gasteiger partial charge in [0.1, 0.15) is 22.8 Å². The highest BCUT2D eigenvalue weighted by molar-refractivity contribution is 7.16. The van der Waals surface area contributed by atoms with Crippen LogP contribution < -0.4 is 25.3 Å². The molecule has 0 spiro atoms. The van der Waals surface area contributed by atoms with Crippen molar-refractivity contribution in [2.45, 2.75) is 0 Å². The van der Waals surface area contributed by atoms with Gasteiger partial charge in [0.15, 0.2) is 17.3 Å². The monoisotopic (exact) mass is 502 g/mol. The molecule has 36 heavy (non-hydrogen) atoms. The van der Waals surface area contributed by atoms with Crippen LogP contribution in [0.3, 0.4) is 0 Å². The Hall–Kier alpha value is -4.64. The Morgan fingerprint density at radius 3 is 2.50 bits per heavy atom. The quantitative estimate of drug-likeness (QED) is 0.319. The first-order chi connectivity index (χ1) is 17.5. The standard InChI is InChI=1S/C25H22N6O4S/c1-33-18-10-16(11-19(34-2)21(18)35-3)31-12-20(27-13-31)28-24-17-7-8-36-25(17)30-23(29-24)15-6-4-5-14(9-15)22(26)32/h4-13H,1-3H3,(H2,26,32)(H,28,29,30). The normalized spacial score (nSPS) is 10.9. The Morgan fingerprint density at radius 1 is 1.03 bits per heavy atom. The molecule has 0 fully saturated rings. The number of methoxy groups -OCH3 is 3. The average molecular weight is 503 g/mol. The third-order valence-electron chi connectivity index (χ3n) is 5.51. The van der Waals surface area contributed by atoms with E-state index in [1.54, 1.807) is 45.9 Å². The first-order valence-electron chi connectivity index (χ1n) is 10.8. The summed E-state index contributed by atoms with van der Waals surface area (Å²) in [5.74, 6) is 2.71. The van der Waals surface area contributed by atoms with Gasteiger partial charge in [0, 0.05) is 23.3 Å². The lowest BCUT2D eigenvalue weighted by atomic mass is 10.1. The minimum absolute atomic E-state index is 0.390. The van der Waals surface area contributed by atoms with Crippen LogP contribution in [0.5, 0.6) is 17.2 Å². The number of imidazole rings is 1. The number of aromatic nitrogens is 4. The van der Waals surface area contributed by atoms with Crippen molar-refractivity contribution in [3.8, 4) is 34.3 Å². The minimum Gasteiger partial charge on any atom is -0.493 e. The Labute approximate surface area is 210 Å². The fourth-order valence-corrected chi connectivity index (χ4v) is 4.52. The number of carbonyl (C=O) groups excluding carboxylic acids is 1. The topological polar surface area (TPSA) is 126 Å². The number of nitrogens with zero attached hydrogens (tertiary/aromatic N) is 4. The zero-order valence-electron chi connectivity index (χ0n) is 19.7. The molecule has 0 atom stereocenters. The summed E-state index contributed by atoms with van der Waals surface area (Å²) in [6, 6.07) is 12.5. The molecule has 0 saturated heterocycles. The van der Waals surface area contributed by atoms with Gasteiger partial charge in [-0.1, -0.05) is 12.1 Å². The largest absolute Gasteiger partial charge is 0.493 e. The molecule has 3 N–H and O–H groups in total. The first-order valence-corrected chi connectivity index (χ1v) is 11.7. The lowest BCUT2D eigenvalue weighted by Crippen LogP contribution is -2.10. The molecule has 0 aliphatic carbocycles. The number of amides is 1. The van der Waals surface area contributed by atoms with E-state index in [0.29, 0.717) is 45.8 Å². The van der Waals surface area contributed by atoms with Crippen LogP contribution in [-0.2, 0) is 0 Å². The third-order valence-corrected chi connectivity index (χ3v) is 6.31. The van der Waals surface area contributed by atoms with Gasteiger partial charge in [-0.2, -0.15) is 0 Å². The number of hydrogen-bond acceptors (Lipinski definition) is 9. The van der Waals surface area contributed by atoms with Crippen LogP contribution in [0.4, 0.5) is 11.6 Å². The molecule has 5 rings (SSSR count). The van der Waals surface area contributed by atoms with Crippen LogP contribution in [0.1, 0.15) is 10.4 Å². The number of carbonyl (C=O) groups is 1. The maximum absolute atomic E-state index is 11.6. The third kappa shape index (κ3) is 4.27. The molecule has 10 nitrogen and oxygen atoms in total. The molecule has 3 heterocycles. The molecule has 182 valence electrons. The lowest BCUT2D eigenvalue weighted by Gasteiger charge is -2.14. The Balaban J connectivity index is 1.51. The number of rotatable bonds is 8. The van der Waals surface area contributed by atoms with Crippen molar-refractivity contribution in [3.05, 3.63) is 65.9 Å². The molecule has 0 aliphatic rings. The molecule has 0 unspecified atom stereocenters. The maximum Gasteiger partial charge on any atom is 0.248 e. The number of nitrogens with two attached hydrogens (primary N) is 1. The van der Waals surface area contributed by atoms with E-state index in [2.05, 4.69) is 15.3 Å². The van der Waals surface area contributed by atoms with E-state index >= 15 is 0 Å². The van der Waals surface area contributed by atoms with Crippen molar-refractivity contribution < 1.29 is 19.0 Å². The van der Waals surface area contributed by atoms with E-state index in [1.807, 2.05) is 40.4 Å². The van der Waals surface area contributed by atoms with Crippen molar-refractivity contribution in [1.82, 2.24) is 19.5 Å². The molecular formula is C25H22N6O4S. The molecule has 5 aromatic rings. The van der Waals surface area contributed by atoms with Crippen molar-refractivity contribution in [2.24, 2.45) is 5.73 Å². The predicted molar refractivity (Wildman–Crippen MR) is 138 cm³/mol. The number of anilines is 2. The van der Waals surface area contributed by atoms with Crippen LogP contribution in [-0.4, -0.2) is 46.8 Å². The number of fused-ring (bicyclic) bond motifs is 1. The summed E-state index contributed by atoms with van der Waals surface area (Å²) >= 11 is 1.50. The number of ether oxygens (including phenoxy) is 3. The van der Waals surface area contributed by atoms with Gasteiger partial charge in [-0.25, -0.2) is 15.0 Å². The van der Waals surface area contributed by atoms with Crippen molar-refractivity contribution in [1.29, 1.82) is 0 Å². The van der Waals surface area contributed by atoms with Gasteiger partial charge in [-0.05, 0) is 23.6 Å².